The Labute approximate surface area is 216 Å². The summed E-state index contributed by atoms with van der Waals surface area (Å²) in [6.45, 7) is 7.47. The first kappa shape index (κ1) is 29.4. The van der Waals surface area contributed by atoms with E-state index in [2.05, 4.69) is 29.8 Å². The predicted molar refractivity (Wildman–Crippen MR) is 148 cm³/mol. The minimum Gasteiger partial charge on any atom is -0.493 e. The van der Waals surface area contributed by atoms with E-state index in [1.54, 1.807) is 7.11 Å². The lowest BCUT2D eigenvalue weighted by molar-refractivity contribution is -0.120. The Morgan fingerprint density at radius 1 is 0.889 bits per heavy atom. The molecule has 5 N–H and O–H groups in total. The standard InChI is InChI=1S/C27H46N6O3/c1-4-6-8-10-15-30-26-21-19-23(35-3)24(36-18-12-17-29-25(34)13-14-28)20-22(21)32-27(33-26)31-16-11-9-7-5-2/h19-20H,4-18,28H2,1-3H3,(H,29,34)(H2,30,31,32,33). The molecule has 2 aromatic rings. The maximum absolute atomic E-state index is 11.6. The van der Waals surface area contributed by atoms with Gasteiger partial charge >= 0.3 is 0 Å². The Balaban J connectivity index is 2.14. The van der Waals surface area contributed by atoms with Crippen molar-refractivity contribution in [1.82, 2.24) is 15.3 Å². The van der Waals surface area contributed by atoms with Gasteiger partial charge in [0.05, 0.1) is 19.2 Å². The van der Waals surface area contributed by atoms with Crippen molar-refractivity contribution in [3.05, 3.63) is 12.1 Å². The summed E-state index contributed by atoms with van der Waals surface area (Å²) < 4.78 is 11.6. The molecule has 0 saturated heterocycles. The van der Waals surface area contributed by atoms with Gasteiger partial charge in [0.2, 0.25) is 11.9 Å². The number of hydrogen-bond acceptors (Lipinski definition) is 8. The molecular formula is C27H46N6O3. The maximum Gasteiger partial charge on any atom is 0.225 e. The van der Waals surface area contributed by atoms with Crippen molar-refractivity contribution in [2.24, 2.45) is 5.73 Å². The fraction of sp³-hybridized carbons (Fsp3) is 0.667. The normalized spacial score (nSPS) is 10.9. The highest BCUT2D eigenvalue weighted by Gasteiger charge is 2.14. The van der Waals surface area contributed by atoms with Gasteiger partial charge in [-0.2, -0.15) is 4.98 Å². The van der Waals surface area contributed by atoms with Crippen molar-refractivity contribution >= 4 is 28.6 Å². The molecule has 0 atom stereocenters. The Kier molecular flexibility index (Phi) is 14.4. The molecule has 202 valence electrons. The molecule has 1 aromatic heterocycles. The number of rotatable bonds is 20. The maximum atomic E-state index is 11.6. The van der Waals surface area contributed by atoms with E-state index in [1.807, 2.05) is 12.1 Å². The van der Waals surface area contributed by atoms with Crippen LogP contribution in [0.3, 0.4) is 0 Å². The van der Waals surface area contributed by atoms with Crippen LogP contribution in [0.2, 0.25) is 0 Å². The van der Waals surface area contributed by atoms with E-state index in [4.69, 9.17) is 25.2 Å². The fourth-order valence-electron chi connectivity index (χ4n) is 3.83. The van der Waals surface area contributed by atoms with Crippen molar-refractivity contribution < 1.29 is 14.3 Å². The summed E-state index contributed by atoms with van der Waals surface area (Å²) in [5.41, 5.74) is 6.20. The van der Waals surface area contributed by atoms with Gasteiger partial charge in [-0.05, 0) is 25.3 Å². The number of methoxy groups -OCH3 is 1. The number of anilines is 2. The zero-order valence-electron chi connectivity index (χ0n) is 22.5. The van der Waals surface area contributed by atoms with E-state index >= 15 is 0 Å². The molecular weight excluding hydrogens is 456 g/mol. The fourth-order valence-corrected chi connectivity index (χ4v) is 3.83. The van der Waals surface area contributed by atoms with Crippen molar-refractivity contribution in [3.8, 4) is 11.5 Å². The second-order valence-corrected chi connectivity index (χ2v) is 8.98. The van der Waals surface area contributed by atoms with Crippen LogP contribution in [0, 0.1) is 0 Å². The summed E-state index contributed by atoms with van der Waals surface area (Å²) in [7, 11) is 1.63. The zero-order valence-corrected chi connectivity index (χ0v) is 22.5. The number of nitrogens with zero attached hydrogens (tertiary/aromatic N) is 2. The van der Waals surface area contributed by atoms with E-state index in [0.29, 0.717) is 50.0 Å². The van der Waals surface area contributed by atoms with Crippen molar-refractivity contribution in [2.75, 3.05) is 50.5 Å². The minimum absolute atomic E-state index is 0.0399. The first-order valence-corrected chi connectivity index (χ1v) is 13.6. The van der Waals surface area contributed by atoms with Crippen LogP contribution in [0.15, 0.2) is 12.1 Å². The quantitative estimate of drug-likeness (QED) is 0.189. The van der Waals surface area contributed by atoms with Crippen molar-refractivity contribution in [2.45, 2.75) is 78.1 Å². The van der Waals surface area contributed by atoms with Gasteiger partial charge in [-0.3, -0.25) is 4.79 Å². The highest BCUT2D eigenvalue weighted by atomic mass is 16.5. The molecule has 1 heterocycles. The second kappa shape index (κ2) is 17.6. The number of nitrogens with two attached hydrogens (primary N) is 1. The van der Waals surface area contributed by atoms with Crippen LogP contribution in [0.1, 0.15) is 78.1 Å². The van der Waals surface area contributed by atoms with Crippen molar-refractivity contribution in [3.63, 3.8) is 0 Å². The summed E-state index contributed by atoms with van der Waals surface area (Å²) in [5, 5.41) is 10.6. The topological polar surface area (TPSA) is 123 Å². The van der Waals surface area contributed by atoms with Gasteiger partial charge in [0.15, 0.2) is 11.5 Å². The summed E-state index contributed by atoms with van der Waals surface area (Å²) in [4.78, 5) is 21.1. The summed E-state index contributed by atoms with van der Waals surface area (Å²) in [5.74, 6) is 2.64. The van der Waals surface area contributed by atoms with Gasteiger partial charge in [0, 0.05) is 44.1 Å². The van der Waals surface area contributed by atoms with Gasteiger partial charge in [0.25, 0.3) is 0 Å². The number of hydrogen-bond donors (Lipinski definition) is 4. The summed E-state index contributed by atoms with van der Waals surface area (Å²) in [6.07, 6.45) is 10.5. The van der Waals surface area contributed by atoms with Crippen LogP contribution < -0.4 is 31.2 Å². The second-order valence-electron chi connectivity index (χ2n) is 8.98. The number of carbonyl (C=O) groups is 1. The predicted octanol–water partition coefficient (Wildman–Crippen LogP) is 4.86. The molecule has 0 radical (unpaired) electrons. The van der Waals surface area contributed by atoms with Gasteiger partial charge in [-0.1, -0.05) is 52.4 Å². The first-order chi connectivity index (χ1) is 17.6. The monoisotopic (exact) mass is 502 g/mol. The smallest absolute Gasteiger partial charge is 0.225 e. The number of unbranched alkanes of at least 4 members (excludes halogenated alkanes) is 6. The van der Waals surface area contributed by atoms with Crippen LogP contribution in [0.4, 0.5) is 11.8 Å². The van der Waals surface area contributed by atoms with Crippen molar-refractivity contribution in [1.29, 1.82) is 0 Å². The molecule has 2 rings (SSSR count). The Hall–Kier alpha value is -2.81. The van der Waals surface area contributed by atoms with Gasteiger partial charge in [-0.25, -0.2) is 4.98 Å². The van der Waals surface area contributed by atoms with E-state index in [0.717, 1.165) is 42.7 Å². The first-order valence-electron chi connectivity index (χ1n) is 13.6. The molecule has 9 heteroatoms. The summed E-state index contributed by atoms with van der Waals surface area (Å²) in [6, 6.07) is 3.85. The number of benzene rings is 1. The Morgan fingerprint density at radius 3 is 2.28 bits per heavy atom. The Morgan fingerprint density at radius 2 is 1.61 bits per heavy atom. The molecule has 0 aliphatic heterocycles. The molecule has 0 aliphatic rings. The van der Waals surface area contributed by atoms with E-state index in [-0.39, 0.29) is 5.91 Å². The van der Waals surface area contributed by atoms with Gasteiger partial charge in [-0.15, -0.1) is 0 Å². The Bertz CT molecular complexity index is 909. The molecule has 0 spiro atoms. The highest BCUT2D eigenvalue weighted by Crippen LogP contribution is 2.35. The van der Waals surface area contributed by atoms with Crippen LogP contribution >= 0.6 is 0 Å². The van der Waals surface area contributed by atoms with E-state index in [9.17, 15) is 4.79 Å². The third-order valence-electron chi connectivity index (χ3n) is 5.89. The molecule has 9 nitrogen and oxygen atoms in total. The number of fused-ring (bicyclic) bond motifs is 1. The van der Waals surface area contributed by atoms with E-state index < -0.39 is 0 Å². The molecule has 0 aliphatic carbocycles. The third-order valence-corrected chi connectivity index (χ3v) is 5.89. The largest absolute Gasteiger partial charge is 0.493 e. The van der Waals surface area contributed by atoms with E-state index in [1.165, 1.54) is 38.5 Å². The van der Waals surface area contributed by atoms with Gasteiger partial charge in [0.1, 0.15) is 5.82 Å². The highest BCUT2D eigenvalue weighted by molar-refractivity contribution is 5.92. The number of amides is 1. The lowest BCUT2D eigenvalue weighted by atomic mass is 10.2. The molecule has 0 bridgehead atoms. The SMILES string of the molecule is CCCCCCNc1nc(NCCCCCC)c2cc(OC)c(OCCCNC(=O)CCN)cc2n1. The van der Waals surface area contributed by atoms with Crippen LogP contribution in [0.5, 0.6) is 11.5 Å². The number of carbonyl (C=O) groups excluding carboxylic acids is 1. The lowest BCUT2D eigenvalue weighted by Gasteiger charge is -2.15. The molecule has 0 unspecified atom stereocenters. The molecule has 0 saturated carbocycles. The number of nitrogens with one attached hydrogen (secondary N) is 3. The minimum atomic E-state index is -0.0399. The summed E-state index contributed by atoms with van der Waals surface area (Å²) >= 11 is 0. The number of ether oxygens (including phenoxy) is 2. The molecule has 0 fully saturated rings. The molecule has 36 heavy (non-hydrogen) atoms. The van der Waals surface area contributed by atoms with Crippen LogP contribution in [0.25, 0.3) is 10.9 Å². The third kappa shape index (κ3) is 10.4. The van der Waals surface area contributed by atoms with Gasteiger partial charge < -0.3 is 31.2 Å². The number of aromatic nitrogens is 2. The molecule has 1 aromatic carbocycles. The zero-order chi connectivity index (χ0) is 26.0. The van der Waals surface area contributed by atoms with Crippen LogP contribution in [-0.4, -0.2) is 55.8 Å². The molecule has 1 amide bonds. The lowest BCUT2D eigenvalue weighted by Crippen LogP contribution is -2.27. The van der Waals surface area contributed by atoms with Crippen LogP contribution in [-0.2, 0) is 4.79 Å². The average Bonchev–Trinajstić information content (AvgIpc) is 2.88. The average molecular weight is 503 g/mol.